The number of aryl methyl sites for hydroxylation is 1. The molecule has 3 aromatic rings. The highest BCUT2D eigenvalue weighted by atomic mass is 16.3. The van der Waals surface area contributed by atoms with E-state index in [1.807, 2.05) is 25.1 Å². The number of hydrogen-bond donors (Lipinski definition) is 2. The molecule has 0 radical (unpaired) electrons. The van der Waals surface area contributed by atoms with E-state index in [-0.39, 0.29) is 17.3 Å². The second-order valence-corrected chi connectivity index (χ2v) is 4.48. The standard InChI is InChI=1S/C15H12N2O3/c1-9-4-5-12-10(7-9)8-13(20-12)15(19)17-14-11(18)3-2-6-16-14/h2-8,18H,1H3,(H,16,17,19). The first kappa shape index (κ1) is 12.2. The molecule has 5 heteroatoms. The molecule has 0 aliphatic carbocycles. The molecule has 1 aromatic carbocycles. The fourth-order valence-corrected chi connectivity index (χ4v) is 1.94. The number of amides is 1. The molecule has 0 saturated heterocycles. The molecule has 0 saturated carbocycles. The van der Waals surface area contributed by atoms with Crippen molar-refractivity contribution in [1.29, 1.82) is 0 Å². The summed E-state index contributed by atoms with van der Waals surface area (Å²) in [6, 6.07) is 10.4. The predicted octanol–water partition coefficient (Wildman–Crippen LogP) is 3.09. The van der Waals surface area contributed by atoms with Crippen LogP contribution in [0.5, 0.6) is 5.75 Å². The number of fused-ring (bicyclic) bond motifs is 1. The molecule has 2 aromatic heterocycles. The molecule has 1 amide bonds. The van der Waals surface area contributed by atoms with E-state index in [9.17, 15) is 9.90 Å². The minimum Gasteiger partial charge on any atom is -0.504 e. The van der Waals surface area contributed by atoms with Gasteiger partial charge in [-0.25, -0.2) is 4.98 Å². The first-order valence-corrected chi connectivity index (χ1v) is 6.09. The van der Waals surface area contributed by atoms with Crippen molar-refractivity contribution in [2.75, 3.05) is 5.32 Å². The van der Waals surface area contributed by atoms with Gasteiger partial charge in [-0.3, -0.25) is 4.79 Å². The van der Waals surface area contributed by atoms with Crippen molar-refractivity contribution in [2.24, 2.45) is 0 Å². The van der Waals surface area contributed by atoms with Crippen LogP contribution in [0.3, 0.4) is 0 Å². The average Bonchev–Trinajstić information content (AvgIpc) is 2.84. The molecule has 0 bridgehead atoms. The zero-order valence-corrected chi connectivity index (χ0v) is 10.8. The Kier molecular flexibility index (Phi) is 2.87. The van der Waals surface area contributed by atoms with Crippen LogP contribution in [0.25, 0.3) is 11.0 Å². The summed E-state index contributed by atoms with van der Waals surface area (Å²) in [6.45, 7) is 1.97. The van der Waals surface area contributed by atoms with E-state index in [4.69, 9.17) is 4.42 Å². The first-order valence-electron chi connectivity index (χ1n) is 6.09. The highest BCUT2D eigenvalue weighted by molar-refractivity contribution is 6.04. The van der Waals surface area contributed by atoms with Gasteiger partial charge in [0.1, 0.15) is 5.58 Å². The van der Waals surface area contributed by atoms with Crippen LogP contribution < -0.4 is 5.32 Å². The normalized spacial score (nSPS) is 10.7. The highest BCUT2D eigenvalue weighted by Gasteiger charge is 2.14. The molecule has 0 spiro atoms. The third-order valence-corrected chi connectivity index (χ3v) is 2.91. The lowest BCUT2D eigenvalue weighted by Gasteiger charge is -2.03. The monoisotopic (exact) mass is 268 g/mol. The Hall–Kier alpha value is -2.82. The van der Waals surface area contributed by atoms with Gasteiger partial charge in [-0.1, -0.05) is 11.6 Å². The van der Waals surface area contributed by atoms with Crippen LogP contribution in [-0.2, 0) is 0 Å². The van der Waals surface area contributed by atoms with Crippen molar-refractivity contribution in [3.63, 3.8) is 0 Å². The fraction of sp³-hybridized carbons (Fsp3) is 0.0667. The van der Waals surface area contributed by atoms with Gasteiger partial charge >= 0.3 is 0 Å². The second-order valence-electron chi connectivity index (χ2n) is 4.48. The van der Waals surface area contributed by atoms with Crippen LogP contribution in [0.2, 0.25) is 0 Å². The molecule has 2 heterocycles. The highest BCUT2D eigenvalue weighted by Crippen LogP contribution is 2.23. The number of rotatable bonds is 2. The average molecular weight is 268 g/mol. The molecule has 0 aliphatic heterocycles. The molecule has 2 N–H and O–H groups in total. The van der Waals surface area contributed by atoms with Gasteiger partial charge in [0, 0.05) is 11.6 Å². The lowest BCUT2D eigenvalue weighted by molar-refractivity contribution is 0.0998. The van der Waals surface area contributed by atoms with E-state index in [0.29, 0.717) is 5.58 Å². The number of carbonyl (C=O) groups excluding carboxylic acids is 1. The molecule has 0 unspecified atom stereocenters. The van der Waals surface area contributed by atoms with E-state index >= 15 is 0 Å². The number of aromatic hydroxyl groups is 1. The van der Waals surface area contributed by atoms with Crippen molar-refractivity contribution in [1.82, 2.24) is 4.98 Å². The Labute approximate surface area is 114 Å². The number of furan rings is 1. The zero-order valence-electron chi connectivity index (χ0n) is 10.8. The van der Waals surface area contributed by atoms with Crippen LogP contribution in [-0.4, -0.2) is 16.0 Å². The molecule has 0 fully saturated rings. The minimum atomic E-state index is -0.451. The van der Waals surface area contributed by atoms with Crippen molar-refractivity contribution in [3.8, 4) is 5.75 Å². The van der Waals surface area contributed by atoms with Gasteiger partial charge in [0.2, 0.25) is 0 Å². The third kappa shape index (κ3) is 2.21. The summed E-state index contributed by atoms with van der Waals surface area (Å²) in [5.74, 6) is -0.259. The Balaban J connectivity index is 1.91. The lowest BCUT2D eigenvalue weighted by Crippen LogP contribution is -2.11. The quantitative estimate of drug-likeness (QED) is 0.748. The summed E-state index contributed by atoms with van der Waals surface area (Å²) in [5, 5.41) is 12.9. The van der Waals surface area contributed by atoms with Crippen molar-refractivity contribution in [3.05, 3.63) is 53.9 Å². The first-order chi connectivity index (χ1) is 9.63. The largest absolute Gasteiger partial charge is 0.504 e. The molecule has 0 atom stereocenters. The minimum absolute atomic E-state index is 0.0900. The number of aromatic nitrogens is 1. The van der Waals surface area contributed by atoms with Crippen LogP contribution in [0, 0.1) is 6.92 Å². The molecule has 100 valence electrons. The van der Waals surface area contributed by atoms with Gasteiger partial charge in [-0.15, -0.1) is 0 Å². The molecule has 0 aliphatic rings. The number of anilines is 1. The summed E-state index contributed by atoms with van der Waals surface area (Å²) in [6.07, 6.45) is 1.48. The summed E-state index contributed by atoms with van der Waals surface area (Å²) in [7, 11) is 0. The second kappa shape index (κ2) is 4.70. The predicted molar refractivity (Wildman–Crippen MR) is 74.8 cm³/mol. The maximum absolute atomic E-state index is 12.1. The number of hydrogen-bond acceptors (Lipinski definition) is 4. The maximum atomic E-state index is 12.1. The Morgan fingerprint density at radius 2 is 2.15 bits per heavy atom. The molecule has 5 nitrogen and oxygen atoms in total. The Morgan fingerprint density at radius 3 is 2.95 bits per heavy atom. The van der Waals surface area contributed by atoms with Crippen LogP contribution in [0.4, 0.5) is 5.82 Å². The molecular formula is C15H12N2O3. The lowest BCUT2D eigenvalue weighted by atomic mass is 10.2. The topological polar surface area (TPSA) is 75.4 Å². The Bertz CT molecular complexity index is 793. The number of carbonyl (C=O) groups is 1. The van der Waals surface area contributed by atoms with Gasteiger partial charge in [-0.05, 0) is 37.3 Å². The van der Waals surface area contributed by atoms with E-state index in [2.05, 4.69) is 10.3 Å². The van der Waals surface area contributed by atoms with Crippen molar-refractivity contribution in [2.45, 2.75) is 6.92 Å². The van der Waals surface area contributed by atoms with Crippen LogP contribution >= 0.6 is 0 Å². The number of benzene rings is 1. The number of nitrogens with one attached hydrogen (secondary N) is 1. The van der Waals surface area contributed by atoms with Gasteiger partial charge < -0.3 is 14.8 Å². The molecule has 20 heavy (non-hydrogen) atoms. The van der Waals surface area contributed by atoms with Crippen molar-refractivity contribution >= 4 is 22.7 Å². The summed E-state index contributed by atoms with van der Waals surface area (Å²) < 4.78 is 5.48. The van der Waals surface area contributed by atoms with E-state index in [1.54, 1.807) is 12.1 Å². The van der Waals surface area contributed by atoms with Gasteiger partial charge in [0.25, 0.3) is 5.91 Å². The SMILES string of the molecule is Cc1ccc2oc(C(=O)Nc3ncccc3O)cc2c1. The molecule has 3 rings (SSSR count). The van der Waals surface area contributed by atoms with E-state index < -0.39 is 5.91 Å². The van der Waals surface area contributed by atoms with Crippen LogP contribution in [0.15, 0.2) is 47.0 Å². The number of pyridine rings is 1. The molecular weight excluding hydrogens is 256 g/mol. The fourth-order valence-electron chi connectivity index (χ4n) is 1.94. The zero-order chi connectivity index (χ0) is 14.1. The third-order valence-electron chi connectivity index (χ3n) is 2.91. The maximum Gasteiger partial charge on any atom is 0.292 e. The van der Waals surface area contributed by atoms with Gasteiger partial charge in [-0.2, -0.15) is 0 Å². The van der Waals surface area contributed by atoms with Gasteiger partial charge in [0.15, 0.2) is 17.3 Å². The van der Waals surface area contributed by atoms with E-state index in [1.165, 1.54) is 12.3 Å². The van der Waals surface area contributed by atoms with Crippen molar-refractivity contribution < 1.29 is 14.3 Å². The van der Waals surface area contributed by atoms with Crippen LogP contribution in [0.1, 0.15) is 16.1 Å². The summed E-state index contributed by atoms with van der Waals surface area (Å²) in [5.41, 5.74) is 1.73. The number of nitrogens with zero attached hydrogens (tertiary/aromatic N) is 1. The van der Waals surface area contributed by atoms with Gasteiger partial charge in [0.05, 0.1) is 0 Å². The summed E-state index contributed by atoms with van der Waals surface area (Å²) in [4.78, 5) is 16.0. The summed E-state index contributed by atoms with van der Waals surface area (Å²) >= 11 is 0. The Morgan fingerprint density at radius 1 is 1.30 bits per heavy atom. The smallest absolute Gasteiger partial charge is 0.292 e. The van der Waals surface area contributed by atoms with E-state index in [0.717, 1.165) is 10.9 Å².